The van der Waals surface area contributed by atoms with E-state index in [1.165, 1.54) is 19.3 Å². The third kappa shape index (κ3) is 2.25. The zero-order chi connectivity index (χ0) is 11.5. The molecule has 94 valence electrons. The summed E-state index contributed by atoms with van der Waals surface area (Å²) in [6.07, 6.45) is 4.90. The molecule has 2 rings (SSSR count). The predicted octanol–water partition coefficient (Wildman–Crippen LogP) is 0.338. The molecule has 4 atom stereocenters. The first-order chi connectivity index (χ1) is 7.77. The van der Waals surface area contributed by atoms with E-state index in [4.69, 9.17) is 10.5 Å². The highest BCUT2D eigenvalue weighted by atomic mass is 16.5. The molecule has 0 radical (unpaired) electrons. The Morgan fingerprint density at radius 2 is 2.31 bits per heavy atom. The van der Waals surface area contributed by atoms with Gasteiger partial charge in [-0.25, -0.2) is 0 Å². The van der Waals surface area contributed by atoms with Gasteiger partial charge in [-0.15, -0.1) is 0 Å². The summed E-state index contributed by atoms with van der Waals surface area (Å²) in [7, 11) is 0. The molecule has 1 heterocycles. The van der Waals surface area contributed by atoms with Crippen LogP contribution in [0.5, 0.6) is 0 Å². The van der Waals surface area contributed by atoms with Gasteiger partial charge in [0.05, 0.1) is 19.3 Å². The topological polar surface area (TPSA) is 58.7 Å². The van der Waals surface area contributed by atoms with Gasteiger partial charge in [-0.1, -0.05) is 6.92 Å². The van der Waals surface area contributed by atoms with Gasteiger partial charge in [0.25, 0.3) is 0 Å². The second kappa shape index (κ2) is 5.45. The number of ether oxygens (including phenoxy) is 1. The molecule has 0 aromatic carbocycles. The molecule has 0 bridgehead atoms. The molecule has 16 heavy (non-hydrogen) atoms. The van der Waals surface area contributed by atoms with Crippen LogP contribution in [0.1, 0.15) is 32.6 Å². The molecule has 2 aliphatic rings. The highest BCUT2D eigenvalue weighted by Gasteiger charge is 2.40. The van der Waals surface area contributed by atoms with E-state index in [9.17, 15) is 5.11 Å². The van der Waals surface area contributed by atoms with E-state index >= 15 is 0 Å². The van der Waals surface area contributed by atoms with Crippen LogP contribution in [0.3, 0.4) is 0 Å². The SMILES string of the molecule is CCC(N)C(CO)N1CCOC2CCCC21. The van der Waals surface area contributed by atoms with Crippen molar-refractivity contribution in [2.75, 3.05) is 19.8 Å². The molecule has 3 N–H and O–H groups in total. The molecule has 0 spiro atoms. The molecule has 0 aromatic heterocycles. The second-order valence-corrected chi connectivity index (χ2v) is 4.97. The van der Waals surface area contributed by atoms with Crippen LogP contribution in [-0.2, 0) is 4.74 Å². The summed E-state index contributed by atoms with van der Waals surface area (Å²) in [4.78, 5) is 2.40. The fourth-order valence-corrected chi connectivity index (χ4v) is 3.13. The van der Waals surface area contributed by atoms with Crippen LogP contribution in [0, 0.1) is 0 Å². The first kappa shape index (κ1) is 12.3. The van der Waals surface area contributed by atoms with Crippen LogP contribution in [0.25, 0.3) is 0 Å². The van der Waals surface area contributed by atoms with Gasteiger partial charge in [0.15, 0.2) is 0 Å². The molecule has 1 aliphatic carbocycles. The number of hydrogen-bond donors (Lipinski definition) is 2. The normalized spacial score (nSPS) is 34.7. The van der Waals surface area contributed by atoms with Crippen molar-refractivity contribution in [3.8, 4) is 0 Å². The Morgan fingerprint density at radius 3 is 3.00 bits per heavy atom. The number of aliphatic hydroxyl groups is 1. The lowest BCUT2D eigenvalue weighted by atomic mass is 10.0. The average molecular weight is 228 g/mol. The third-order valence-electron chi connectivity index (χ3n) is 4.10. The zero-order valence-corrected chi connectivity index (χ0v) is 10.1. The minimum absolute atomic E-state index is 0.0735. The Balaban J connectivity index is 2.05. The van der Waals surface area contributed by atoms with Crippen molar-refractivity contribution >= 4 is 0 Å². The number of hydrogen-bond acceptors (Lipinski definition) is 4. The van der Waals surface area contributed by atoms with E-state index in [1.54, 1.807) is 0 Å². The van der Waals surface area contributed by atoms with Crippen molar-refractivity contribution in [2.24, 2.45) is 5.73 Å². The molecule has 1 aliphatic heterocycles. The Hall–Kier alpha value is -0.160. The van der Waals surface area contributed by atoms with Crippen molar-refractivity contribution in [3.05, 3.63) is 0 Å². The standard InChI is InChI=1S/C12H24N2O2/c1-2-9(13)11(8-15)14-6-7-16-12-5-3-4-10(12)14/h9-12,15H,2-8,13H2,1H3. The molecule has 4 unspecified atom stereocenters. The number of rotatable bonds is 4. The van der Waals surface area contributed by atoms with Gasteiger partial charge in [0.1, 0.15) is 0 Å². The molecular formula is C12H24N2O2. The van der Waals surface area contributed by atoms with Crippen LogP contribution < -0.4 is 5.73 Å². The second-order valence-electron chi connectivity index (χ2n) is 4.97. The van der Waals surface area contributed by atoms with E-state index in [-0.39, 0.29) is 18.7 Å². The van der Waals surface area contributed by atoms with Crippen LogP contribution >= 0.6 is 0 Å². The minimum Gasteiger partial charge on any atom is -0.395 e. The molecule has 0 amide bonds. The lowest BCUT2D eigenvalue weighted by Crippen LogP contribution is -2.59. The average Bonchev–Trinajstić information content (AvgIpc) is 2.78. The molecular weight excluding hydrogens is 204 g/mol. The Labute approximate surface area is 97.7 Å². The number of fused-ring (bicyclic) bond motifs is 1. The van der Waals surface area contributed by atoms with Gasteiger partial charge in [-0.05, 0) is 25.7 Å². The maximum atomic E-state index is 9.54. The lowest BCUT2D eigenvalue weighted by Gasteiger charge is -2.43. The number of morpholine rings is 1. The van der Waals surface area contributed by atoms with Gasteiger partial charge in [-0.2, -0.15) is 0 Å². The first-order valence-corrected chi connectivity index (χ1v) is 6.51. The Kier molecular flexibility index (Phi) is 4.19. The van der Waals surface area contributed by atoms with Crippen molar-refractivity contribution < 1.29 is 9.84 Å². The monoisotopic (exact) mass is 228 g/mol. The van der Waals surface area contributed by atoms with Gasteiger partial charge in [0.2, 0.25) is 0 Å². The van der Waals surface area contributed by atoms with E-state index in [1.807, 2.05) is 0 Å². The van der Waals surface area contributed by atoms with E-state index in [0.717, 1.165) is 19.6 Å². The lowest BCUT2D eigenvalue weighted by molar-refractivity contribution is -0.0827. The summed E-state index contributed by atoms with van der Waals surface area (Å²) in [5.41, 5.74) is 6.10. The third-order valence-corrected chi connectivity index (χ3v) is 4.10. The zero-order valence-electron chi connectivity index (χ0n) is 10.1. The maximum absolute atomic E-state index is 9.54. The smallest absolute Gasteiger partial charge is 0.0731 e. The van der Waals surface area contributed by atoms with Gasteiger partial charge in [0, 0.05) is 24.7 Å². The fourth-order valence-electron chi connectivity index (χ4n) is 3.13. The maximum Gasteiger partial charge on any atom is 0.0731 e. The van der Waals surface area contributed by atoms with Crippen molar-refractivity contribution in [1.82, 2.24) is 4.90 Å². The van der Waals surface area contributed by atoms with Gasteiger partial charge < -0.3 is 15.6 Å². The summed E-state index contributed by atoms with van der Waals surface area (Å²) in [6.45, 7) is 3.95. The quantitative estimate of drug-likeness (QED) is 0.728. The summed E-state index contributed by atoms with van der Waals surface area (Å²) in [6, 6.07) is 0.673. The molecule has 1 saturated heterocycles. The van der Waals surface area contributed by atoms with Crippen LogP contribution in [0.2, 0.25) is 0 Å². The van der Waals surface area contributed by atoms with Gasteiger partial charge in [-0.3, -0.25) is 4.90 Å². The van der Waals surface area contributed by atoms with Crippen LogP contribution in [-0.4, -0.2) is 54.0 Å². The van der Waals surface area contributed by atoms with Crippen LogP contribution in [0.15, 0.2) is 0 Å². The molecule has 4 nitrogen and oxygen atoms in total. The summed E-state index contributed by atoms with van der Waals surface area (Å²) in [5, 5.41) is 9.54. The molecule has 1 saturated carbocycles. The number of aliphatic hydroxyl groups excluding tert-OH is 1. The van der Waals surface area contributed by atoms with E-state index < -0.39 is 0 Å². The highest BCUT2D eigenvalue weighted by molar-refractivity contribution is 4.94. The highest BCUT2D eigenvalue weighted by Crippen LogP contribution is 2.31. The molecule has 2 fully saturated rings. The summed E-state index contributed by atoms with van der Waals surface area (Å²) >= 11 is 0. The van der Waals surface area contributed by atoms with Crippen molar-refractivity contribution in [1.29, 1.82) is 0 Å². The number of nitrogens with zero attached hydrogens (tertiary/aromatic N) is 1. The molecule has 4 heteroatoms. The molecule has 0 aromatic rings. The predicted molar refractivity (Wildman–Crippen MR) is 63.2 cm³/mol. The summed E-state index contributed by atoms with van der Waals surface area (Å²) in [5.74, 6) is 0. The van der Waals surface area contributed by atoms with E-state index in [0.29, 0.717) is 12.1 Å². The largest absolute Gasteiger partial charge is 0.395 e. The van der Waals surface area contributed by atoms with Crippen molar-refractivity contribution in [2.45, 2.75) is 56.8 Å². The van der Waals surface area contributed by atoms with Gasteiger partial charge >= 0.3 is 0 Å². The van der Waals surface area contributed by atoms with E-state index in [2.05, 4.69) is 11.8 Å². The van der Waals surface area contributed by atoms with Crippen LogP contribution in [0.4, 0.5) is 0 Å². The number of nitrogens with two attached hydrogens (primary N) is 1. The Bertz CT molecular complexity index is 225. The minimum atomic E-state index is 0.0735. The van der Waals surface area contributed by atoms with Crippen molar-refractivity contribution in [3.63, 3.8) is 0 Å². The first-order valence-electron chi connectivity index (χ1n) is 6.51. The Morgan fingerprint density at radius 1 is 1.50 bits per heavy atom. The summed E-state index contributed by atoms with van der Waals surface area (Å²) < 4.78 is 5.78. The fraction of sp³-hybridized carbons (Fsp3) is 1.00.